The van der Waals surface area contributed by atoms with Crippen molar-refractivity contribution < 1.29 is 28.6 Å². The Morgan fingerprint density at radius 1 is 1.14 bits per heavy atom. The molecule has 0 spiro atoms. The molecule has 1 unspecified atom stereocenters. The van der Waals surface area contributed by atoms with Crippen molar-refractivity contribution in [1.29, 1.82) is 0 Å². The van der Waals surface area contributed by atoms with Gasteiger partial charge < -0.3 is 14.7 Å². The van der Waals surface area contributed by atoms with Gasteiger partial charge in [0.2, 0.25) is 0 Å². The highest BCUT2D eigenvalue weighted by molar-refractivity contribution is 6.01. The van der Waals surface area contributed by atoms with Crippen molar-refractivity contribution in [2.75, 3.05) is 13.2 Å². The fourth-order valence-electron chi connectivity index (χ4n) is 3.40. The fourth-order valence-corrected chi connectivity index (χ4v) is 3.40. The minimum Gasteiger partial charge on any atom is -0.507 e. The average molecular weight is 385 g/mol. The zero-order chi connectivity index (χ0) is 20.1. The van der Waals surface area contributed by atoms with Gasteiger partial charge >= 0.3 is 0 Å². The standard InChI is InChI=1S/C21H20FNO5/c22-18-7-3-6-15(16(18)11-24)21(27)23-10-2-1-5-14(23)13-28-20-9-4-8-19(26)17(20)12-25/h3-4,6-9,11-12,14,26H,1-2,5,10,13H2. The number of phenolic OH excluding ortho intramolecular Hbond substituents is 1. The van der Waals surface area contributed by atoms with E-state index >= 15 is 0 Å². The molecule has 1 heterocycles. The van der Waals surface area contributed by atoms with Crippen LogP contribution in [0.1, 0.15) is 50.3 Å². The van der Waals surface area contributed by atoms with E-state index in [1.807, 2.05) is 0 Å². The number of benzene rings is 2. The summed E-state index contributed by atoms with van der Waals surface area (Å²) in [6.45, 7) is 0.573. The largest absolute Gasteiger partial charge is 0.507 e. The van der Waals surface area contributed by atoms with Gasteiger partial charge in [0, 0.05) is 6.54 Å². The lowest BCUT2D eigenvalue weighted by atomic mass is 9.99. The van der Waals surface area contributed by atoms with Crippen LogP contribution >= 0.6 is 0 Å². The van der Waals surface area contributed by atoms with Gasteiger partial charge in [-0.2, -0.15) is 0 Å². The molecule has 146 valence electrons. The molecule has 0 radical (unpaired) electrons. The summed E-state index contributed by atoms with van der Waals surface area (Å²) in [4.78, 5) is 37.0. The Balaban J connectivity index is 1.81. The molecule has 2 aromatic carbocycles. The lowest BCUT2D eigenvalue weighted by molar-refractivity contribution is 0.0524. The molecule has 6 nitrogen and oxygen atoms in total. The van der Waals surface area contributed by atoms with Crippen LogP contribution in [0.2, 0.25) is 0 Å². The molecule has 3 rings (SSSR count). The summed E-state index contributed by atoms with van der Waals surface area (Å²) in [5, 5.41) is 9.76. The molecule has 0 bridgehead atoms. The molecule has 7 heteroatoms. The van der Waals surface area contributed by atoms with Crippen LogP contribution in [-0.2, 0) is 0 Å². The number of aromatic hydroxyl groups is 1. The number of aldehydes is 2. The number of phenols is 1. The number of likely N-dealkylation sites (tertiary alicyclic amines) is 1. The highest BCUT2D eigenvalue weighted by Gasteiger charge is 2.30. The third-order valence-electron chi connectivity index (χ3n) is 4.88. The van der Waals surface area contributed by atoms with E-state index < -0.39 is 11.7 Å². The predicted molar refractivity (Wildman–Crippen MR) is 99.5 cm³/mol. The summed E-state index contributed by atoms with van der Waals surface area (Å²) in [5.74, 6) is -1.12. The van der Waals surface area contributed by atoms with Crippen LogP contribution in [0.4, 0.5) is 4.39 Å². The van der Waals surface area contributed by atoms with E-state index in [0.29, 0.717) is 25.5 Å². The number of halogens is 1. The monoisotopic (exact) mass is 385 g/mol. The molecule has 1 N–H and O–H groups in total. The fraction of sp³-hybridized carbons (Fsp3) is 0.286. The Bertz CT molecular complexity index is 898. The summed E-state index contributed by atoms with van der Waals surface area (Å²) in [5.41, 5.74) is -0.189. The van der Waals surface area contributed by atoms with Crippen LogP contribution in [0.25, 0.3) is 0 Å². The summed E-state index contributed by atoms with van der Waals surface area (Å²) < 4.78 is 19.6. The van der Waals surface area contributed by atoms with Crippen molar-refractivity contribution in [3.63, 3.8) is 0 Å². The molecule has 2 aromatic rings. The maximum Gasteiger partial charge on any atom is 0.255 e. The highest BCUT2D eigenvalue weighted by Crippen LogP contribution is 2.27. The van der Waals surface area contributed by atoms with Gasteiger partial charge in [-0.05, 0) is 43.5 Å². The smallest absolute Gasteiger partial charge is 0.255 e. The molecule has 1 aliphatic heterocycles. The normalized spacial score (nSPS) is 16.5. The number of piperidine rings is 1. The quantitative estimate of drug-likeness (QED) is 0.772. The number of carbonyl (C=O) groups excluding carboxylic acids is 3. The summed E-state index contributed by atoms with van der Waals surface area (Å²) in [6.07, 6.45) is 3.22. The number of rotatable bonds is 6. The number of ether oxygens (including phenoxy) is 1. The number of amides is 1. The Morgan fingerprint density at radius 3 is 2.64 bits per heavy atom. The second-order valence-corrected chi connectivity index (χ2v) is 6.58. The van der Waals surface area contributed by atoms with E-state index in [9.17, 15) is 23.9 Å². The van der Waals surface area contributed by atoms with Crippen LogP contribution in [-0.4, -0.2) is 47.7 Å². The van der Waals surface area contributed by atoms with E-state index in [1.165, 1.54) is 18.2 Å². The number of hydrogen-bond acceptors (Lipinski definition) is 5. The lowest BCUT2D eigenvalue weighted by Crippen LogP contribution is -2.47. The van der Waals surface area contributed by atoms with Crippen molar-refractivity contribution in [1.82, 2.24) is 4.90 Å². The van der Waals surface area contributed by atoms with Crippen molar-refractivity contribution >= 4 is 18.5 Å². The summed E-state index contributed by atoms with van der Waals surface area (Å²) in [6, 6.07) is 8.18. The first kappa shape index (κ1) is 19.5. The molecule has 1 amide bonds. The maximum atomic E-state index is 13.9. The Morgan fingerprint density at radius 2 is 1.89 bits per heavy atom. The van der Waals surface area contributed by atoms with Crippen LogP contribution in [0.5, 0.6) is 11.5 Å². The van der Waals surface area contributed by atoms with Crippen molar-refractivity contribution in [2.45, 2.75) is 25.3 Å². The first-order valence-corrected chi connectivity index (χ1v) is 9.01. The van der Waals surface area contributed by atoms with Gasteiger partial charge in [-0.3, -0.25) is 14.4 Å². The second kappa shape index (κ2) is 8.65. The van der Waals surface area contributed by atoms with Crippen LogP contribution < -0.4 is 4.74 Å². The zero-order valence-electron chi connectivity index (χ0n) is 15.1. The van der Waals surface area contributed by atoms with E-state index in [2.05, 4.69) is 0 Å². The van der Waals surface area contributed by atoms with Crippen LogP contribution in [0.15, 0.2) is 36.4 Å². The minimum absolute atomic E-state index is 0.0211. The second-order valence-electron chi connectivity index (χ2n) is 6.58. The number of hydrogen-bond donors (Lipinski definition) is 1. The van der Waals surface area contributed by atoms with Crippen molar-refractivity contribution in [3.8, 4) is 11.5 Å². The molecule has 28 heavy (non-hydrogen) atoms. The maximum absolute atomic E-state index is 13.9. The Kier molecular flexibility index (Phi) is 6.03. The number of nitrogens with zero attached hydrogens (tertiary/aromatic N) is 1. The van der Waals surface area contributed by atoms with E-state index in [4.69, 9.17) is 4.74 Å². The van der Waals surface area contributed by atoms with Gasteiger partial charge in [0.1, 0.15) is 23.9 Å². The molecule has 1 atom stereocenters. The van der Waals surface area contributed by atoms with Crippen molar-refractivity contribution in [2.24, 2.45) is 0 Å². The van der Waals surface area contributed by atoms with Crippen LogP contribution in [0.3, 0.4) is 0 Å². The van der Waals surface area contributed by atoms with Gasteiger partial charge in [0.25, 0.3) is 5.91 Å². The predicted octanol–water partition coefficient (Wildman–Crippen LogP) is 3.23. The zero-order valence-corrected chi connectivity index (χ0v) is 15.1. The molecule has 1 fully saturated rings. The first-order valence-electron chi connectivity index (χ1n) is 9.01. The molecular formula is C21H20FNO5. The van der Waals surface area contributed by atoms with Gasteiger partial charge in [-0.1, -0.05) is 12.1 Å². The third kappa shape index (κ3) is 3.88. The molecule has 0 saturated carbocycles. The van der Waals surface area contributed by atoms with Gasteiger partial charge in [0.05, 0.1) is 22.7 Å². The highest BCUT2D eigenvalue weighted by atomic mass is 19.1. The Labute approximate surface area is 161 Å². The minimum atomic E-state index is -0.735. The molecule has 1 aliphatic rings. The topological polar surface area (TPSA) is 83.9 Å². The summed E-state index contributed by atoms with van der Waals surface area (Å²) in [7, 11) is 0. The lowest BCUT2D eigenvalue weighted by Gasteiger charge is -2.36. The van der Waals surface area contributed by atoms with Gasteiger partial charge in [-0.15, -0.1) is 0 Å². The number of carbonyl (C=O) groups is 3. The van der Waals surface area contributed by atoms with E-state index in [-0.39, 0.29) is 40.8 Å². The average Bonchev–Trinajstić information content (AvgIpc) is 2.71. The SMILES string of the molecule is O=Cc1c(O)cccc1OCC1CCCCN1C(=O)c1cccc(F)c1C=O. The summed E-state index contributed by atoms with van der Waals surface area (Å²) >= 11 is 0. The van der Waals surface area contributed by atoms with E-state index in [0.717, 1.165) is 18.9 Å². The third-order valence-corrected chi connectivity index (χ3v) is 4.88. The van der Waals surface area contributed by atoms with Gasteiger partial charge in [0.15, 0.2) is 12.6 Å². The molecular weight excluding hydrogens is 365 g/mol. The van der Waals surface area contributed by atoms with Crippen LogP contribution in [0, 0.1) is 5.82 Å². The van der Waals surface area contributed by atoms with Crippen molar-refractivity contribution in [3.05, 3.63) is 58.9 Å². The van der Waals surface area contributed by atoms with E-state index in [1.54, 1.807) is 17.0 Å². The molecule has 0 aliphatic carbocycles. The molecule has 0 aromatic heterocycles. The Hall–Kier alpha value is -3.22. The molecule has 1 saturated heterocycles. The first-order chi connectivity index (χ1) is 13.6. The van der Waals surface area contributed by atoms with Gasteiger partial charge in [-0.25, -0.2) is 4.39 Å².